The van der Waals surface area contributed by atoms with E-state index < -0.39 is 0 Å². The van der Waals surface area contributed by atoms with E-state index in [9.17, 15) is 0 Å². The Bertz CT molecular complexity index is 310. The number of thioether (sulfide) groups is 1. The van der Waals surface area contributed by atoms with Crippen molar-refractivity contribution in [3.05, 3.63) is 12.4 Å². The van der Waals surface area contributed by atoms with Crippen LogP contribution in [0.15, 0.2) is 12.4 Å². The molecule has 0 aliphatic rings. The molecule has 0 unspecified atom stereocenters. The highest BCUT2D eigenvalue weighted by Crippen LogP contribution is 2.11. The van der Waals surface area contributed by atoms with Crippen molar-refractivity contribution in [1.29, 1.82) is 0 Å². The standard InChI is InChI=1S/C12H21N3OS/c1-3-7-16-12-9-11(14-10-15-12)13-6-4-5-8-17-2/h9-10H,3-8H2,1-2H3,(H,13,14,15). The number of nitrogens with zero attached hydrogens (tertiary/aromatic N) is 2. The minimum atomic E-state index is 0.647. The minimum absolute atomic E-state index is 0.647. The van der Waals surface area contributed by atoms with E-state index in [2.05, 4.69) is 28.5 Å². The SMILES string of the molecule is CCCOc1cc(NCCCCSC)ncn1. The molecule has 0 bridgehead atoms. The predicted molar refractivity (Wildman–Crippen MR) is 73.9 cm³/mol. The summed E-state index contributed by atoms with van der Waals surface area (Å²) in [5, 5.41) is 3.28. The molecule has 0 fully saturated rings. The minimum Gasteiger partial charge on any atom is -0.478 e. The number of ether oxygens (including phenoxy) is 1. The van der Waals surface area contributed by atoms with E-state index in [0.717, 1.165) is 25.2 Å². The van der Waals surface area contributed by atoms with Gasteiger partial charge in [0.05, 0.1) is 6.61 Å². The lowest BCUT2D eigenvalue weighted by Crippen LogP contribution is -2.05. The summed E-state index contributed by atoms with van der Waals surface area (Å²) in [6, 6.07) is 1.85. The second-order valence-corrected chi connectivity index (χ2v) is 4.70. The van der Waals surface area contributed by atoms with Crippen LogP contribution in [0.5, 0.6) is 5.88 Å². The largest absolute Gasteiger partial charge is 0.478 e. The second-order valence-electron chi connectivity index (χ2n) is 3.72. The van der Waals surface area contributed by atoms with E-state index in [1.807, 2.05) is 17.8 Å². The van der Waals surface area contributed by atoms with E-state index in [1.54, 1.807) is 0 Å². The van der Waals surface area contributed by atoms with E-state index in [-0.39, 0.29) is 0 Å². The van der Waals surface area contributed by atoms with Crippen molar-refractivity contribution in [1.82, 2.24) is 9.97 Å². The van der Waals surface area contributed by atoms with E-state index in [4.69, 9.17) is 4.74 Å². The highest BCUT2D eigenvalue weighted by molar-refractivity contribution is 7.98. The average Bonchev–Trinajstić information content (AvgIpc) is 2.37. The first-order valence-electron chi connectivity index (χ1n) is 6.04. The summed E-state index contributed by atoms with van der Waals surface area (Å²) in [7, 11) is 0. The first kappa shape index (κ1) is 14.1. The summed E-state index contributed by atoms with van der Waals surface area (Å²) in [5.41, 5.74) is 0. The molecule has 1 aromatic rings. The normalized spacial score (nSPS) is 10.2. The Morgan fingerprint density at radius 1 is 1.35 bits per heavy atom. The number of anilines is 1. The summed E-state index contributed by atoms with van der Waals surface area (Å²) >= 11 is 1.89. The molecule has 0 spiro atoms. The highest BCUT2D eigenvalue weighted by Gasteiger charge is 1.98. The summed E-state index contributed by atoms with van der Waals surface area (Å²) in [4.78, 5) is 8.22. The van der Waals surface area contributed by atoms with Crippen molar-refractivity contribution in [2.45, 2.75) is 26.2 Å². The molecule has 0 aliphatic heterocycles. The molecule has 1 rings (SSSR count). The zero-order valence-corrected chi connectivity index (χ0v) is 11.4. The Balaban J connectivity index is 2.27. The molecule has 0 amide bonds. The van der Waals surface area contributed by atoms with Gasteiger partial charge in [-0.2, -0.15) is 11.8 Å². The number of rotatable bonds is 9. The first-order chi connectivity index (χ1) is 8.36. The van der Waals surface area contributed by atoms with Gasteiger partial charge in [-0.15, -0.1) is 0 Å². The van der Waals surface area contributed by atoms with Gasteiger partial charge >= 0.3 is 0 Å². The van der Waals surface area contributed by atoms with Crippen molar-refractivity contribution in [3.63, 3.8) is 0 Å². The van der Waals surface area contributed by atoms with Crippen molar-refractivity contribution >= 4 is 17.6 Å². The van der Waals surface area contributed by atoms with E-state index >= 15 is 0 Å². The lowest BCUT2D eigenvalue weighted by molar-refractivity contribution is 0.305. The third-order valence-corrected chi connectivity index (χ3v) is 2.87. The van der Waals surface area contributed by atoms with Crippen LogP contribution in [-0.4, -0.2) is 35.1 Å². The lowest BCUT2D eigenvalue weighted by Gasteiger charge is -2.07. The van der Waals surface area contributed by atoms with Gasteiger partial charge in [0.2, 0.25) is 5.88 Å². The van der Waals surface area contributed by atoms with E-state index in [0.29, 0.717) is 12.5 Å². The molecule has 4 nitrogen and oxygen atoms in total. The molecule has 5 heteroatoms. The Kier molecular flexibility index (Phi) is 7.54. The third-order valence-electron chi connectivity index (χ3n) is 2.18. The van der Waals surface area contributed by atoms with Crippen molar-refractivity contribution < 1.29 is 4.74 Å². The van der Waals surface area contributed by atoms with Gasteiger partial charge in [-0.1, -0.05) is 6.92 Å². The Hall–Kier alpha value is -0.970. The fourth-order valence-electron chi connectivity index (χ4n) is 1.31. The molecular weight excluding hydrogens is 234 g/mol. The van der Waals surface area contributed by atoms with Gasteiger partial charge in [-0.05, 0) is 31.3 Å². The van der Waals surface area contributed by atoms with Crippen LogP contribution in [-0.2, 0) is 0 Å². The van der Waals surface area contributed by atoms with Gasteiger partial charge in [0.25, 0.3) is 0 Å². The van der Waals surface area contributed by atoms with Crippen LogP contribution >= 0.6 is 11.8 Å². The molecule has 0 radical (unpaired) electrons. The van der Waals surface area contributed by atoms with Crippen molar-refractivity contribution in [3.8, 4) is 5.88 Å². The van der Waals surface area contributed by atoms with Crippen molar-refractivity contribution in [2.75, 3.05) is 30.5 Å². The summed E-state index contributed by atoms with van der Waals surface area (Å²) < 4.78 is 5.45. The van der Waals surface area contributed by atoms with Crippen LogP contribution < -0.4 is 10.1 Å². The molecular formula is C12H21N3OS. The fraction of sp³-hybridized carbons (Fsp3) is 0.667. The number of unbranched alkanes of at least 4 members (excludes halogenated alkanes) is 1. The fourth-order valence-corrected chi connectivity index (χ4v) is 1.80. The summed E-state index contributed by atoms with van der Waals surface area (Å²) in [5.74, 6) is 2.71. The lowest BCUT2D eigenvalue weighted by atomic mass is 10.3. The Labute approximate surface area is 108 Å². The zero-order valence-electron chi connectivity index (χ0n) is 10.6. The van der Waals surface area contributed by atoms with Gasteiger partial charge in [0, 0.05) is 12.6 Å². The molecule has 96 valence electrons. The number of hydrogen-bond acceptors (Lipinski definition) is 5. The monoisotopic (exact) mass is 255 g/mol. The molecule has 0 aliphatic carbocycles. The Morgan fingerprint density at radius 3 is 3.00 bits per heavy atom. The first-order valence-corrected chi connectivity index (χ1v) is 7.44. The number of hydrogen-bond donors (Lipinski definition) is 1. The predicted octanol–water partition coefficient (Wildman–Crippen LogP) is 2.82. The molecule has 1 heterocycles. The maximum atomic E-state index is 5.45. The zero-order chi connectivity index (χ0) is 12.3. The van der Waals surface area contributed by atoms with Gasteiger partial charge < -0.3 is 10.1 Å². The van der Waals surface area contributed by atoms with Crippen LogP contribution in [0.1, 0.15) is 26.2 Å². The van der Waals surface area contributed by atoms with Gasteiger partial charge in [0.1, 0.15) is 12.1 Å². The molecule has 0 saturated carbocycles. The van der Waals surface area contributed by atoms with Crippen LogP contribution in [0, 0.1) is 0 Å². The topological polar surface area (TPSA) is 47.0 Å². The number of aromatic nitrogens is 2. The van der Waals surface area contributed by atoms with Crippen molar-refractivity contribution in [2.24, 2.45) is 0 Å². The summed E-state index contributed by atoms with van der Waals surface area (Å²) in [6.45, 7) is 3.72. The second kappa shape index (κ2) is 9.10. The van der Waals surface area contributed by atoms with Crippen LogP contribution in [0.2, 0.25) is 0 Å². The van der Waals surface area contributed by atoms with Gasteiger partial charge in [0.15, 0.2) is 0 Å². The average molecular weight is 255 g/mol. The van der Waals surface area contributed by atoms with Crippen LogP contribution in [0.3, 0.4) is 0 Å². The van der Waals surface area contributed by atoms with Gasteiger partial charge in [-0.3, -0.25) is 0 Å². The smallest absolute Gasteiger partial charge is 0.218 e. The Morgan fingerprint density at radius 2 is 2.24 bits per heavy atom. The maximum Gasteiger partial charge on any atom is 0.218 e. The molecule has 0 atom stereocenters. The number of nitrogens with one attached hydrogen (secondary N) is 1. The molecule has 0 aromatic carbocycles. The molecule has 17 heavy (non-hydrogen) atoms. The third kappa shape index (κ3) is 6.36. The van der Waals surface area contributed by atoms with Gasteiger partial charge in [-0.25, -0.2) is 9.97 Å². The van der Waals surface area contributed by atoms with Crippen LogP contribution in [0.25, 0.3) is 0 Å². The molecule has 0 saturated heterocycles. The summed E-state index contributed by atoms with van der Waals surface area (Å²) in [6.07, 6.45) is 7.06. The quantitative estimate of drug-likeness (QED) is 0.688. The molecule has 1 N–H and O–H groups in total. The molecule has 1 aromatic heterocycles. The maximum absolute atomic E-state index is 5.45. The highest BCUT2D eigenvalue weighted by atomic mass is 32.2. The van der Waals surface area contributed by atoms with Crippen LogP contribution in [0.4, 0.5) is 5.82 Å². The van der Waals surface area contributed by atoms with E-state index in [1.165, 1.54) is 18.5 Å².